The molecule has 8 aromatic heterocycles. The molecule has 9 heterocycles. The highest BCUT2D eigenvalue weighted by atomic mass is 28.4. The van der Waals surface area contributed by atoms with Crippen LogP contribution < -0.4 is 34.6 Å². The second kappa shape index (κ2) is 47.1. The zero-order valence-electron chi connectivity index (χ0n) is 81.2. The van der Waals surface area contributed by atoms with Crippen molar-refractivity contribution in [1.29, 1.82) is 0 Å². The number of carbonyl (C=O) groups is 2. The molecule has 28 heteroatoms. The Balaban J connectivity index is 0.000000190. The molecule has 702 valence electrons. The topological polar surface area (TPSA) is 312 Å². The number of pyridine rings is 8. The second-order valence-corrected chi connectivity index (χ2v) is 46.9. The van der Waals surface area contributed by atoms with E-state index < -0.39 is 46.1 Å². The molecule has 0 saturated carbocycles. The lowest BCUT2D eigenvalue weighted by Gasteiger charge is -2.39. The summed E-state index contributed by atoms with van der Waals surface area (Å²) in [6.45, 7) is 43.8. The molecule has 1 aliphatic heterocycles. The summed E-state index contributed by atoms with van der Waals surface area (Å²) >= 11 is 0. The van der Waals surface area contributed by atoms with Crippen LogP contribution in [0.5, 0.6) is 23.0 Å². The summed E-state index contributed by atoms with van der Waals surface area (Å²) in [4.78, 5) is 63.5. The van der Waals surface area contributed by atoms with E-state index in [1.165, 1.54) is 9.80 Å². The van der Waals surface area contributed by atoms with Crippen LogP contribution in [-0.2, 0) is 27.8 Å². The van der Waals surface area contributed by atoms with Crippen LogP contribution in [0.2, 0.25) is 36.3 Å². The number of carbonyl (C=O) groups excluding carboxylic acids is 2. The number of rotatable bonds is 28. The number of amides is 2. The summed E-state index contributed by atoms with van der Waals surface area (Å²) in [5.41, 5.74) is 9.37. The van der Waals surface area contributed by atoms with Crippen LogP contribution in [0.25, 0.3) is 88.6 Å². The number of aromatic nitrogens is 8. The third-order valence-corrected chi connectivity index (χ3v) is 31.8. The lowest BCUT2D eigenvalue weighted by molar-refractivity contribution is -0.193. The van der Waals surface area contributed by atoms with E-state index in [0.29, 0.717) is 37.9 Å². The molecule has 0 spiro atoms. The number of aliphatic hydroxyl groups excluding tert-OH is 2. The predicted octanol–water partition coefficient (Wildman–Crippen LogP) is 23.5. The first-order valence-electron chi connectivity index (χ1n) is 45.3. The monoisotopic (exact) mass is 1820 g/mol. The van der Waals surface area contributed by atoms with Crippen LogP contribution in [0.3, 0.4) is 0 Å². The van der Waals surface area contributed by atoms with E-state index in [2.05, 4.69) is 128 Å². The number of hydrogen-bond donors (Lipinski definition) is 5. The normalized spacial score (nSPS) is 14.0. The summed E-state index contributed by atoms with van der Waals surface area (Å²) in [7, 11) is 3.44. The number of benzene rings is 4. The van der Waals surface area contributed by atoms with Crippen LogP contribution in [0.4, 0.5) is 32.9 Å². The number of phenolic OH excluding ortho intramolecular Hbond substituents is 1. The fourth-order valence-electron chi connectivity index (χ4n) is 12.7. The van der Waals surface area contributed by atoms with Gasteiger partial charge in [-0.05, 0) is 268 Å². The smallest absolute Gasteiger partial charge is 0.415 e. The highest BCUT2D eigenvalue weighted by Crippen LogP contribution is 2.40. The molecule has 1 aliphatic rings. The number of aromatic hydroxyl groups is 1. The lowest BCUT2D eigenvalue weighted by atomic mass is 10.1. The maximum atomic E-state index is 12.3. The Labute approximate surface area is 776 Å². The highest BCUT2D eigenvalue weighted by Gasteiger charge is 2.40. The first-order chi connectivity index (χ1) is 62.0. The Morgan fingerprint density at radius 1 is 0.450 bits per heavy atom. The molecule has 1 unspecified atom stereocenters. The maximum absolute atomic E-state index is 12.3. The minimum Gasteiger partial charge on any atom is -0.508 e. The molecule has 4 aromatic carbocycles. The van der Waals surface area contributed by atoms with Gasteiger partial charge in [0, 0.05) is 103 Å². The standard InChI is InChI=1S/C30H43N3O4Si.C24H29N3O3.C20H21N3O3.C19H21N3O2.C10H24O2Si/c1-11-23(37-38(9,10)30(5,6)7)20-35-24-14-16-25-21(18-24)12-15-26(32-25)22-13-17-27(31-19-22)33(8)28(34)36-29(2,3)4;1-3-19(30-24-6-4-5-13-28-24)16-29-20-9-11-21-17(14-20)7-10-22(27-21)18-8-12-23(25-2)26-15-18;1-20(2,3)26-19(25)23(4)18-10-6-14(12-21-18)17-8-5-13-11-15(24)7-9-16(13)22-17;1-3-15(23)12-24-16-6-8-17-13(10-16)4-7-18(22-17)14-5-9-19(20-2)21-11-14;1-7-9(8-11)12-13(5,6)10(2,3)4/h12-19,23H,11,20H2,1-10H3;7-12,14-15,19,24H,3-6,13,16H2,1-2H3,(H,25,26);5-12,24H,1-4H3;4-11,15,23H,3,12H2,1-2H3,(H,20,21);9,11H,7-8H2,1-6H3/t23-;19-,24?;;15-;9-/m11.11/s1. The van der Waals surface area contributed by atoms with Crippen molar-refractivity contribution in [3.05, 3.63) is 195 Å². The number of ether oxygens (including phenoxy) is 7. The maximum Gasteiger partial charge on any atom is 0.415 e. The number of anilines is 4. The van der Waals surface area contributed by atoms with Gasteiger partial charge in [-0.25, -0.2) is 49.5 Å². The van der Waals surface area contributed by atoms with E-state index in [-0.39, 0.29) is 47.0 Å². The van der Waals surface area contributed by atoms with Gasteiger partial charge in [0.15, 0.2) is 22.9 Å². The number of nitrogens with zero attached hydrogens (tertiary/aromatic N) is 10. The molecular formula is C103H138N12O14Si2. The predicted molar refractivity (Wildman–Crippen MR) is 533 cm³/mol. The van der Waals surface area contributed by atoms with Crippen LogP contribution in [0.1, 0.15) is 156 Å². The zero-order chi connectivity index (χ0) is 95.6. The summed E-state index contributed by atoms with van der Waals surface area (Å²) in [5, 5.41) is 38.5. The molecule has 5 N–H and O–H groups in total. The van der Waals surface area contributed by atoms with Gasteiger partial charge in [0.25, 0.3) is 0 Å². The number of hydrogen-bond acceptors (Lipinski definition) is 24. The third-order valence-electron chi connectivity index (χ3n) is 22.8. The van der Waals surface area contributed by atoms with Crippen molar-refractivity contribution in [2.75, 3.05) is 81.7 Å². The van der Waals surface area contributed by atoms with E-state index in [0.717, 1.165) is 163 Å². The van der Waals surface area contributed by atoms with Crippen LogP contribution in [0, 0.1) is 0 Å². The van der Waals surface area contributed by atoms with Gasteiger partial charge >= 0.3 is 12.2 Å². The number of phenols is 1. The molecule has 0 bridgehead atoms. The molecule has 5 atom stereocenters. The minimum absolute atomic E-state index is 0.0254. The van der Waals surface area contributed by atoms with Crippen molar-refractivity contribution >= 4 is 95.7 Å². The SMILES string of the molecule is CC[C@@H](O)COc1ccc2nc(-c3ccc(NC)nc3)ccc2c1.CC[C@H](CO)O[Si](C)(C)C(C)(C)C.CC[C@H](COc1ccc2nc(-c3ccc(N(C)C(=O)OC(C)(C)C)nc3)ccc2c1)O[Si](C)(C)C(C)(C)C.CC[C@H](COc1ccc2nc(-c3ccc(NC)nc3)ccc2c1)OC1CCCCO1.CN(C(=O)OC(C)(C)C)c1ccc(-c2ccc3cc(O)ccc3n2)cn1. The summed E-state index contributed by atoms with van der Waals surface area (Å²) in [5.74, 6) is 5.25. The molecule has 0 radical (unpaired) electrons. The Morgan fingerprint density at radius 2 is 0.809 bits per heavy atom. The molecule has 2 amide bonds. The van der Waals surface area contributed by atoms with Crippen LogP contribution in [-0.4, -0.2) is 187 Å². The van der Waals surface area contributed by atoms with E-state index in [4.69, 9.17) is 57.1 Å². The van der Waals surface area contributed by atoms with Crippen molar-refractivity contribution in [1.82, 2.24) is 39.9 Å². The summed E-state index contributed by atoms with van der Waals surface area (Å²) in [6.07, 6.45) is 12.3. The van der Waals surface area contributed by atoms with Gasteiger partial charge in [0.05, 0.1) is 75.9 Å². The third kappa shape index (κ3) is 31.2. The molecule has 131 heavy (non-hydrogen) atoms. The summed E-state index contributed by atoms with van der Waals surface area (Å²) in [6, 6.07) is 53.8. The van der Waals surface area contributed by atoms with Crippen molar-refractivity contribution in [3.8, 4) is 68.0 Å². The van der Waals surface area contributed by atoms with Crippen molar-refractivity contribution in [2.45, 2.75) is 234 Å². The molecule has 13 rings (SSSR count). The van der Waals surface area contributed by atoms with E-state index in [9.17, 15) is 19.8 Å². The summed E-state index contributed by atoms with van der Waals surface area (Å²) < 4.78 is 52.8. The minimum atomic E-state index is -1.86. The fraction of sp³-hybridized carbons (Fsp3) is 0.437. The molecular weight excluding hydrogens is 1690 g/mol. The number of nitrogens with one attached hydrogen (secondary N) is 2. The van der Waals surface area contributed by atoms with Gasteiger partial charge in [-0.3, -0.25) is 9.80 Å². The average molecular weight is 1820 g/mol. The quantitative estimate of drug-likeness (QED) is 0.0285. The van der Waals surface area contributed by atoms with Gasteiger partial charge < -0.3 is 68.0 Å². The van der Waals surface area contributed by atoms with Gasteiger partial charge in [-0.15, -0.1) is 0 Å². The molecule has 1 fully saturated rings. The van der Waals surface area contributed by atoms with Gasteiger partial charge in [0.2, 0.25) is 0 Å². The first-order valence-corrected chi connectivity index (χ1v) is 51.1. The number of fused-ring (bicyclic) bond motifs is 4. The van der Waals surface area contributed by atoms with Crippen molar-refractivity contribution < 1.29 is 66.9 Å². The Bertz CT molecular complexity index is 5630. The first kappa shape index (κ1) is 103. The van der Waals surface area contributed by atoms with Crippen molar-refractivity contribution in [2.24, 2.45) is 0 Å². The second-order valence-electron chi connectivity index (χ2n) is 37.4. The Morgan fingerprint density at radius 3 is 1.13 bits per heavy atom. The van der Waals surface area contributed by atoms with Crippen molar-refractivity contribution in [3.63, 3.8) is 0 Å². The van der Waals surface area contributed by atoms with Gasteiger partial charge in [-0.1, -0.05) is 93.5 Å². The number of aliphatic hydroxyl groups is 2. The van der Waals surface area contributed by atoms with Crippen LogP contribution >= 0.6 is 0 Å². The molecule has 1 saturated heterocycles. The lowest BCUT2D eigenvalue weighted by Crippen LogP contribution is -2.45. The Kier molecular flexibility index (Phi) is 37.2. The Hall–Kier alpha value is -11.3. The fourth-order valence-corrected chi connectivity index (χ4v) is 15.5. The van der Waals surface area contributed by atoms with Crippen LogP contribution in [0.15, 0.2) is 195 Å². The average Bonchev–Trinajstić information content (AvgIpc) is 0.825. The molecule has 12 aromatic rings. The van der Waals surface area contributed by atoms with E-state index in [1.807, 2.05) is 215 Å². The zero-order valence-corrected chi connectivity index (χ0v) is 83.2. The molecule has 0 aliphatic carbocycles. The van der Waals surface area contributed by atoms with Gasteiger partial charge in [-0.2, -0.15) is 0 Å². The molecule has 26 nitrogen and oxygen atoms in total. The highest BCUT2D eigenvalue weighted by molar-refractivity contribution is 6.74. The van der Waals surface area contributed by atoms with Gasteiger partial charge in [0.1, 0.15) is 77.3 Å². The van der Waals surface area contributed by atoms with E-state index in [1.54, 1.807) is 56.8 Å². The van der Waals surface area contributed by atoms with E-state index >= 15 is 0 Å². The largest absolute Gasteiger partial charge is 0.508 e.